The number of benzene rings is 2. The van der Waals surface area contributed by atoms with Crippen molar-refractivity contribution >= 4 is 20.9 Å². The van der Waals surface area contributed by atoms with Crippen molar-refractivity contribution in [2.45, 2.75) is 43.7 Å². The molecule has 0 radical (unpaired) electrons. The zero-order valence-electron chi connectivity index (χ0n) is 16.1. The molecule has 0 amide bonds. The molecule has 1 aliphatic rings. The third-order valence-electron chi connectivity index (χ3n) is 5.42. The van der Waals surface area contributed by atoms with E-state index in [0.717, 1.165) is 61.1 Å². The maximum atomic E-state index is 13.2. The summed E-state index contributed by atoms with van der Waals surface area (Å²) in [5, 5.41) is 4.57. The van der Waals surface area contributed by atoms with Gasteiger partial charge in [-0.1, -0.05) is 37.3 Å². The van der Waals surface area contributed by atoms with Crippen molar-refractivity contribution in [2.75, 3.05) is 13.2 Å². The maximum Gasteiger partial charge on any atom is 0.268 e. The lowest BCUT2D eigenvalue weighted by Gasteiger charge is -2.23. The Morgan fingerprint density at radius 1 is 1.11 bits per heavy atom. The van der Waals surface area contributed by atoms with Crippen LogP contribution in [0.4, 0.5) is 0 Å². The second-order valence-corrected chi connectivity index (χ2v) is 9.06. The van der Waals surface area contributed by atoms with Gasteiger partial charge in [-0.3, -0.25) is 0 Å². The van der Waals surface area contributed by atoms with E-state index in [9.17, 15) is 8.42 Å². The molecule has 6 heteroatoms. The van der Waals surface area contributed by atoms with E-state index in [4.69, 9.17) is 4.74 Å². The van der Waals surface area contributed by atoms with Gasteiger partial charge in [0.15, 0.2) is 0 Å². The predicted molar refractivity (Wildman–Crippen MR) is 111 cm³/mol. The Balaban J connectivity index is 1.70. The number of nitrogens with one attached hydrogen (secondary N) is 1. The van der Waals surface area contributed by atoms with Crippen molar-refractivity contribution in [3.05, 3.63) is 65.9 Å². The zero-order chi connectivity index (χ0) is 19.6. The van der Waals surface area contributed by atoms with Crippen LogP contribution in [0.15, 0.2) is 59.6 Å². The molecule has 4 rings (SSSR count). The molecule has 1 aromatic heterocycles. The smallest absolute Gasteiger partial charge is 0.268 e. The van der Waals surface area contributed by atoms with E-state index in [2.05, 4.69) is 18.3 Å². The molecule has 0 aliphatic carbocycles. The fourth-order valence-electron chi connectivity index (χ4n) is 3.77. The summed E-state index contributed by atoms with van der Waals surface area (Å²) < 4.78 is 33.3. The molecule has 0 unspecified atom stereocenters. The first-order valence-corrected chi connectivity index (χ1v) is 11.3. The van der Waals surface area contributed by atoms with Crippen molar-refractivity contribution in [3.8, 4) is 0 Å². The van der Waals surface area contributed by atoms with E-state index in [1.807, 2.05) is 18.2 Å². The van der Waals surface area contributed by atoms with Gasteiger partial charge in [0.05, 0.1) is 10.4 Å². The van der Waals surface area contributed by atoms with Gasteiger partial charge < -0.3 is 10.1 Å². The lowest BCUT2D eigenvalue weighted by Crippen LogP contribution is -2.34. The summed E-state index contributed by atoms with van der Waals surface area (Å²) in [5.74, 6) is 0. The minimum Gasteiger partial charge on any atom is -0.381 e. The van der Waals surface area contributed by atoms with Crippen molar-refractivity contribution in [3.63, 3.8) is 0 Å². The molecule has 3 aromatic rings. The Bertz CT molecular complexity index is 1050. The Morgan fingerprint density at radius 2 is 1.86 bits per heavy atom. The molecule has 0 atom stereocenters. The van der Waals surface area contributed by atoms with Crippen molar-refractivity contribution in [2.24, 2.45) is 0 Å². The summed E-state index contributed by atoms with van der Waals surface area (Å²) >= 11 is 0. The Labute approximate surface area is 166 Å². The summed E-state index contributed by atoms with van der Waals surface area (Å²) in [6, 6.07) is 15.2. The van der Waals surface area contributed by atoms with E-state index in [1.54, 1.807) is 30.5 Å². The first-order valence-electron chi connectivity index (χ1n) is 9.84. The molecular formula is C22H26N2O3S. The number of ether oxygens (including phenoxy) is 1. The van der Waals surface area contributed by atoms with Crippen LogP contribution in [-0.4, -0.2) is 31.6 Å². The predicted octanol–water partition coefficient (Wildman–Crippen LogP) is 3.71. The standard InChI is InChI=1S/C22H26N2O3S/c1-2-18-16-24(28(25,26)20-6-4-3-5-7-20)22-14-17(8-9-21(18)22)15-23-19-10-12-27-13-11-19/h3-9,14,16,19,23H,2,10-13,15H2,1H3. The molecule has 28 heavy (non-hydrogen) atoms. The highest BCUT2D eigenvalue weighted by molar-refractivity contribution is 7.90. The van der Waals surface area contributed by atoms with Crippen LogP contribution in [-0.2, 0) is 27.7 Å². The Kier molecular flexibility index (Phi) is 5.53. The van der Waals surface area contributed by atoms with Crippen LogP contribution in [0.3, 0.4) is 0 Å². The average Bonchev–Trinajstić information content (AvgIpc) is 3.12. The molecule has 5 nitrogen and oxygen atoms in total. The number of hydrogen-bond acceptors (Lipinski definition) is 4. The quantitative estimate of drug-likeness (QED) is 0.688. The normalized spacial score (nSPS) is 15.9. The lowest BCUT2D eigenvalue weighted by atomic mass is 10.1. The lowest BCUT2D eigenvalue weighted by molar-refractivity contribution is 0.0776. The SMILES string of the molecule is CCc1cn(S(=O)(=O)c2ccccc2)c2cc(CNC3CCOCC3)ccc12. The molecule has 2 aromatic carbocycles. The number of nitrogens with zero attached hydrogens (tertiary/aromatic N) is 1. The Morgan fingerprint density at radius 3 is 2.57 bits per heavy atom. The maximum absolute atomic E-state index is 13.2. The second-order valence-electron chi connectivity index (χ2n) is 7.24. The molecule has 1 saturated heterocycles. The van der Waals surface area contributed by atoms with Crippen LogP contribution < -0.4 is 5.32 Å². The van der Waals surface area contributed by atoms with E-state index >= 15 is 0 Å². The first-order chi connectivity index (χ1) is 13.6. The fourth-order valence-corrected chi connectivity index (χ4v) is 5.18. The monoisotopic (exact) mass is 398 g/mol. The molecule has 0 bridgehead atoms. The molecule has 1 aliphatic heterocycles. The first kappa shape index (κ1) is 19.2. The summed E-state index contributed by atoms with van der Waals surface area (Å²) in [4.78, 5) is 0.306. The van der Waals surface area contributed by atoms with Crippen molar-refractivity contribution in [1.82, 2.24) is 9.29 Å². The average molecular weight is 399 g/mol. The van der Waals surface area contributed by atoms with E-state index in [1.165, 1.54) is 3.97 Å². The molecule has 0 saturated carbocycles. The summed E-state index contributed by atoms with van der Waals surface area (Å²) in [6.45, 7) is 4.37. The van der Waals surface area contributed by atoms with Crippen LogP contribution in [0.25, 0.3) is 10.9 Å². The fraction of sp³-hybridized carbons (Fsp3) is 0.364. The van der Waals surface area contributed by atoms with Gasteiger partial charge in [-0.15, -0.1) is 0 Å². The number of hydrogen-bond donors (Lipinski definition) is 1. The largest absolute Gasteiger partial charge is 0.381 e. The molecule has 0 spiro atoms. The highest BCUT2D eigenvalue weighted by atomic mass is 32.2. The Hall–Kier alpha value is -2.15. The van der Waals surface area contributed by atoms with Gasteiger partial charge in [0.25, 0.3) is 10.0 Å². The molecule has 1 N–H and O–H groups in total. The minimum absolute atomic E-state index is 0.306. The topological polar surface area (TPSA) is 60.3 Å². The van der Waals surface area contributed by atoms with Crippen molar-refractivity contribution in [1.29, 1.82) is 0 Å². The summed E-state index contributed by atoms with van der Waals surface area (Å²) in [5.41, 5.74) is 2.87. The van der Waals surface area contributed by atoms with Crippen LogP contribution >= 0.6 is 0 Å². The van der Waals surface area contributed by atoms with Gasteiger partial charge in [-0.2, -0.15) is 0 Å². The van der Waals surface area contributed by atoms with Crippen LogP contribution in [0.2, 0.25) is 0 Å². The third-order valence-corrected chi connectivity index (χ3v) is 7.10. The van der Waals surface area contributed by atoms with Gasteiger partial charge in [-0.05, 0) is 48.6 Å². The summed E-state index contributed by atoms with van der Waals surface area (Å²) in [7, 11) is -3.63. The van der Waals surface area contributed by atoms with Crippen LogP contribution in [0.5, 0.6) is 0 Å². The number of aryl methyl sites for hydroxylation is 1. The number of rotatable bonds is 6. The van der Waals surface area contributed by atoms with E-state index in [-0.39, 0.29) is 0 Å². The molecule has 2 heterocycles. The van der Waals surface area contributed by atoms with Crippen molar-refractivity contribution < 1.29 is 13.2 Å². The minimum atomic E-state index is -3.63. The molecule has 148 valence electrons. The second kappa shape index (κ2) is 8.07. The van der Waals surface area contributed by atoms with E-state index in [0.29, 0.717) is 10.9 Å². The van der Waals surface area contributed by atoms with Gasteiger partial charge >= 0.3 is 0 Å². The van der Waals surface area contributed by atoms with Gasteiger partial charge in [-0.25, -0.2) is 12.4 Å². The highest BCUT2D eigenvalue weighted by Crippen LogP contribution is 2.27. The third kappa shape index (κ3) is 3.72. The van der Waals surface area contributed by atoms with Gasteiger partial charge in [0.2, 0.25) is 0 Å². The number of fused-ring (bicyclic) bond motifs is 1. The zero-order valence-corrected chi connectivity index (χ0v) is 16.9. The van der Waals surface area contributed by atoms with Gasteiger partial charge in [0, 0.05) is 37.4 Å². The van der Waals surface area contributed by atoms with E-state index < -0.39 is 10.0 Å². The number of aromatic nitrogens is 1. The van der Waals surface area contributed by atoms with Crippen LogP contribution in [0.1, 0.15) is 30.9 Å². The van der Waals surface area contributed by atoms with Gasteiger partial charge in [0.1, 0.15) is 0 Å². The summed E-state index contributed by atoms with van der Waals surface area (Å²) in [6.07, 6.45) is 4.58. The van der Waals surface area contributed by atoms with Crippen LogP contribution in [0, 0.1) is 0 Å². The molecule has 1 fully saturated rings. The highest BCUT2D eigenvalue weighted by Gasteiger charge is 2.21. The molecular weight excluding hydrogens is 372 g/mol.